The van der Waals surface area contributed by atoms with Crippen LogP contribution < -0.4 is 0 Å². The number of nitrogens with zero attached hydrogens (tertiary/aromatic N) is 1. The highest BCUT2D eigenvalue weighted by molar-refractivity contribution is 7.92. The van der Waals surface area contributed by atoms with E-state index in [-0.39, 0.29) is 28.3 Å². The molecule has 3 aromatic rings. The van der Waals surface area contributed by atoms with Gasteiger partial charge in [0.1, 0.15) is 11.5 Å². The number of rotatable bonds is 5. The summed E-state index contributed by atoms with van der Waals surface area (Å²) in [4.78, 5) is 11.4. The summed E-state index contributed by atoms with van der Waals surface area (Å²) in [6, 6.07) is 10.1. The Labute approximate surface area is 143 Å². The van der Waals surface area contributed by atoms with Crippen LogP contribution in [0.5, 0.6) is 0 Å². The van der Waals surface area contributed by atoms with Crippen molar-refractivity contribution in [3.63, 3.8) is 0 Å². The molecule has 3 rings (SSSR count). The third-order valence-electron chi connectivity index (χ3n) is 3.54. The summed E-state index contributed by atoms with van der Waals surface area (Å²) in [5.74, 6) is -2.05. The van der Waals surface area contributed by atoms with Gasteiger partial charge in [-0.2, -0.15) is 0 Å². The Morgan fingerprint density at radius 1 is 1.24 bits per heavy atom. The third-order valence-corrected chi connectivity index (χ3v) is 5.13. The standard InChI is InChI=1S/C17H14FNO5S/c1-2-23-16(20)10-25(21,22)11-7-8-13-15(9-11)24-19-17(13)12-5-3-4-6-14(12)18/h3-9H,2,10H2,1H3. The number of ether oxygens (including phenoxy) is 1. The second-order valence-corrected chi connectivity index (χ2v) is 7.22. The number of benzene rings is 2. The normalized spacial score (nSPS) is 11.6. The molecule has 2 aromatic carbocycles. The van der Waals surface area contributed by atoms with E-state index in [9.17, 15) is 17.6 Å². The first kappa shape index (κ1) is 17.1. The molecule has 0 spiro atoms. The van der Waals surface area contributed by atoms with Gasteiger partial charge < -0.3 is 9.26 Å². The molecular formula is C17H14FNO5S. The number of hydrogen-bond acceptors (Lipinski definition) is 6. The maximum absolute atomic E-state index is 13.9. The van der Waals surface area contributed by atoms with Crippen LogP contribution in [0.4, 0.5) is 4.39 Å². The molecule has 0 amide bonds. The van der Waals surface area contributed by atoms with Gasteiger partial charge in [-0.3, -0.25) is 4.79 Å². The van der Waals surface area contributed by atoms with E-state index in [2.05, 4.69) is 9.89 Å². The van der Waals surface area contributed by atoms with Crippen LogP contribution in [0.2, 0.25) is 0 Å². The Kier molecular flexibility index (Phi) is 4.54. The Balaban J connectivity index is 2.00. The van der Waals surface area contributed by atoms with Crippen molar-refractivity contribution in [3.8, 4) is 11.3 Å². The van der Waals surface area contributed by atoms with Gasteiger partial charge in [-0.05, 0) is 31.2 Å². The predicted molar refractivity (Wildman–Crippen MR) is 88.1 cm³/mol. The number of sulfone groups is 1. The van der Waals surface area contributed by atoms with E-state index in [4.69, 9.17) is 4.52 Å². The topological polar surface area (TPSA) is 86.5 Å². The van der Waals surface area contributed by atoms with Gasteiger partial charge in [0.2, 0.25) is 0 Å². The average molecular weight is 363 g/mol. The molecule has 6 nitrogen and oxygen atoms in total. The fourth-order valence-electron chi connectivity index (χ4n) is 2.40. The Bertz CT molecular complexity index is 1040. The van der Waals surface area contributed by atoms with Gasteiger partial charge in [0, 0.05) is 17.0 Å². The number of halogens is 1. The van der Waals surface area contributed by atoms with Gasteiger partial charge in [0.05, 0.1) is 11.5 Å². The van der Waals surface area contributed by atoms with Crippen molar-refractivity contribution < 1.29 is 26.9 Å². The average Bonchev–Trinajstić information content (AvgIpc) is 2.98. The lowest BCUT2D eigenvalue weighted by Crippen LogP contribution is -2.18. The fraction of sp³-hybridized carbons (Fsp3) is 0.176. The van der Waals surface area contributed by atoms with E-state index >= 15 is 0 Å². The smallest absolute Gasteiger partial charge is 0.321 e. The number of carbonyl (C=O) groups is 1. The lowest BCUT2D eigenvalue weighted by atomic mass is 10.1. The summed E-state index contributed by atoms with van der Waals surface area (Å²) in [5.41, 5.74) is 0.717. The lowest BCUT2D eigenvalue weighted by Gasteiger charge is -2.04. The first-order valence-electron chi connectivity index (χ1n) is 7.45. The second kappa shape index (κ2) is 6.64. The van der Waals surface area contributed by atoms with Crippen LogP contribution in [0, 0.1) is 5.82 Å². The van der Waals surface area contributed by atoms with Crippen LogP contribution in [0.25, 0.3) is 22.2 Å². The second-order valence-electron chi connectivity index (χ2n) is 5.23. The molecule has 1 aromatic heterocycles. The molecule has 130 valence electrons. The fourth-order valence-corrected chi connectivity index (χ4v) is 3.52. The Morgan fingerprint density at radius 3 is 2.72 bits per heavy atom. The summed E-state index contributed by atoms with van der Waals surface area (Å²) in [5, 5.41) is 4.31. The van der Waals surface area contributed by atoms with Crippen LogP contribution in [0.1, 0.15) is 6.92 Å². The SMILES string of the molecule is CCOC(=O)CS(=O)(=O)c1ccc2c(-c3ccccc3F)noc2c1. The summed E-state index contributed by atoms with van der Waals surface area (Å²) in [6.07, 6.45) is 0. The quantitative estimate of drug-likeness (QED) is 0.648. The van der Waals surface area contributed by atoms with E-state index in [1.54, 1.807) is 25.1 Å². The molecule has 0 aliphatic carbocycles. The number of fused-ring (bicyclic) bond motifs is 1. The van der Waals surface area contributed by atoms with Gasteiger partial charge in [0.25, 0.3) is 0 Å². The zero-order valence-electron chi connectivity index (χ0n) is 13.2. The molecule has 0 unspecified atom stereocenters. The van der Waals surface area contributed by atoms with Crippen molar-refractivity contribution in [1.82, 2.24) is 5.16 Å². The van der Waals surface area contributed by atoms with Crippen molar-refractivity contribution >= 4 is 26.8 Å². The van der Waals surface area contributed by atoms with E-state index in [1.165, 1.54) is 24.3 Å². The summed E-state index contributed by atoms with van der Waals surface area (Å²) in [6.45, 7) is 1.69. The van der Waals surface area contributed by atoms with Crippen molar-refractivity contribution in [3.05, 3.63) is 48.3 Å². The molecule has 25 heavy (non-hydrogen) atoms. The first-order chi connectivity index (χ1) is 11.9. The van der Waals surface area contributed by atoms with Crippen LogP contribution in [0.3, 0.4) is 0 Å². The van der Waals surface area contributed by atoms with Gasteiger partial charge in [-0.15, -0.1) is 0 Å². The van der Waals surface area contributed by atoms with E-state index in [0.717, 1.165) is 0 Å². The van der Waals surface area contributed by atoms with Crippen LogP contribution in [-0.2, 0) is 19.4 Å². The molecule has 0 saturated heterocycles. The molecule has 0 aliphatic rings. The summed E-state index contributed by atoms with van der Waals surface area (Å²) < 4.78 is 48.3. The minimum Gasteiger partial charge on any atom is -0.465 e. The predicted octanol–water partition coefficient (Wildman–Crippen LogP) is 2.97. The van der Waals surface area contributed by atoms with Crippen molar-refractivity contribution in [2.45, 2.75) is 11.8 Å². The molecule has 0 aliphatic heterocycles. The van der Waals surface area contributed by atoms with Gasteiger partial charge in [-0.25, -0.2) is 12.8 Å². The molecule has 0 atom stereocenters. The Hall–Kier alpha value is -2.74. The molecule has 0 N–H and O–H groups in total. The highest BCUT2D eigenvalue weighted by atomic mass is 32.2. The molecule has 0 radical (unpaired) electrons. The monoisotopic (exact) mass is 363 g/mol. The Morgan fingerprint density at radius 2 is 2.00 bits per heavy atom. The molecule has 0 fully saturated rings. The van der Waals surface area contributed by atoms with Gasteiger partial charge in [0.15, 0.2) is 21.2 Å². The zero-order valence-corrected chi connectivity index (χ0v) is 14.0. The van der Waals surface area contributed by atoms with Crippen LogP contribution in [0.15, 0.2) is 51.9 Å². The number of esters is 1. The van der Waals surface area contributed by atoms with Crippen molar-refractivity contribution in [2.24, 2.45) is 0 Å². The molecular weight excluding hydrogens is 349 g/mol. The molecule has 0 bridgehead atoms. The number of hydrogen-bond donors (Lipinski definition) is 0. The number of carbonyl (C=O) groups excluding carboxylic acids is 1. The third kappa shape index (κ3) is 3.39. The number of aromatic nitrogens is 1. The minimum absolute atomic E-state index is 0.0933. The van der Waals surface area contributed by atoms with E-state index in [1.807, 2.05) is 0 Å². The van der Waals surface area contributed by atoms with Crippen molar-refractivity contribution in [2.75, 3.05) is 12.4 Å². The summed E-state index contributed by atoms with van der Waals surface area (Å²) in [7, 11) is -3.87. The summed E-state index contributed by atoms with van der Waals surface area (Å²) >= 11 is 0. The van der Waals surface area contributed by atoms with Gasteiger partial charge in [-0.1, -0.05) is 17.3 Å². The minimum atomic E-state index is -3.87. The molecule has 1 heterocycles. The zero-order chi connectivity index (χ0) is 18.0. The molecule has 8 heteroatoms. The van der Waals surface area contributed by atoms with Gasteiger partial charge >= 0.3 is 5.97 Å². The maximum atomic E-state index is 13.9. The van der Waals surface area contributed by atoms with E-state index in [0.29, 0.717) is 5.39 Å². The highest BCUT2D eigenvalue weighted by Gasteiger charge is 2.22. The highest BCUT2D eigenvalue weighted by Crippen LogP contribution is 2.31. The van der Waals surface area contributed by atoms with Crippen LogP contribution >= 0.6 is 0 Å². The first-order valence-corrected chi connectivity index (χ1v) is 9.10. The lowest BCUT2D eigenvalue weighted by molar-refractivity contribution is -0.139. The molecule has 0 saturated carbocycles. The van der Waals surface area contributed by atoms with E-state index < -0.39 is 27.4 Å². The largest absolute Gasteiger partial charge is 0.465 e. The van der Waals surface area contributed by atoms with Crippen LogP contribution in [-0.4, -0.2) is 31.9 Å². The maximum Gasteiger partial charge on any atom is 0.321 e. The van der Waals surface area contributed by atoms with Crippen molar-refractivity contribution in [1.29, 1.82) is 0 Å².